The van der Waals surface area contributed by atoms with Gasteiger partial charge in [0.1, 0.15) is 22.9 Å². The lowest BCUT2D eigenvalue weighted by molar-refractivity contribution is 0.262. The number of ether oxygens (including phenoxy) is 3. The highest BCUT2D eigenvalue weighted by Crippen LogP contribution is 2.37. The topological polar surface area (TPSA) is 97.5 Å². The number of carbonyl (C=O) groups is 1. The number of urea groups is 1. The number of amides is 2. The number of carbonyl (C=O) groups excluding carboxylic acids is 1. The molecule has 8 heteroatoms. The highest BCUT2D eigenvalue weighted by molar-refractivity contribution is 6.02. The first-order chi connectivity index (χ1) is 14.1. The fourth-order valence-electron chi connectivity index (χ4n) is 2.91. The van der Waals surface area contributed by atoms with E-state index in [4.69, 9.17) is 14.2 Å². The lowest BCUT2D eigenvalue weighted by Gasteiger charge is -2.12. The fraction of sp³-hybridized carbons (Fsp3) is 0.238. The molecule has 3 N–H and O–H groups in total. The summed E-state index contributed by atoms with van der Waals surface area (Å²) in [6, 6.07) is 12.1. The van der Waals surface area contributed by atoms with Crippen molar-refractivity contribution in [2.24, 2.45) is 0 Å². The van der Waals surface area contributed by atoms with Crippen LogP contribution in [-0.4, -0.2) is 37.6 Å². The van der Waals surface area contributed by atoms with Crippen LogP contribution in [-0.2, 0) is 6.42 Å². The van der Waals surface area contributed by atoms with Crippen molar-refractivity contribution in [2.45, 2.75) is 13.3 Å². The van der Waals surface area contributed by atoms with Crippen molar-refractivity contribution in [1.29, 1.82) is 0 Å². The van der Waals surface area contributed by atoms with Gasteiger partial charge < -0.3 is 24.8 Å². The summed E-state index contributed by atoms with van der Waals surface area (Å²) in [6.07, 6.45) is 0.670. The Labute approximate surface area is 169 Å². The summed E-state index contributed by atoms with van der Waals surface area (Å²) in [5, 5.41) is 13.1. The molecular weight excluding hydrogens is 372 g/mol. The van der Waals surface area contributed by atoms with Gasteiger partial charge in [-0.1, -0.05) is 6.92 Å². The molecule has 0 saturated heterocycles. The molecule has 3 aromatic rings. The van der Waals surface area contributed by atoms with Crippen molar-refractivity contribution < 1.29 is 19.0 Å². The van der Waals surface area contributed by atoms with Crippen molar-refractivity contribution in [3.8, 4) is 28.5 Å². The Morgan fingerprint density at radius 2 is 1.66 bits per heavy atom. The molecule has 0 unspecified atom stereocenters. The normalized spacial score (nSPS) is 10.3. The number of methoxy groups -OCH3 is 3. The van der Waals surface area contributed by atoms with E-state index >= 15 is 0 Å². The third-order valence-corrected chi connectivity index (χ3v) is 4.45. The van der Waals surface area contributed by atoms with Gasteiger partial charge in [-0.05, 0) is 42.8 Å². The van der Waals surface area contributed by atoms with Crippen molar-refractivity contribution in [3.05, 3.63) is 48.2 Å². The SMILES string of the molecule is CCc1[nH]nc(-c2ccc(OC)cc2OC)c1NC(=O)Nc1ccc(OC)cc1. The second-order valence-corrected chi connectivity index (χ2v) is 6.15. The Morgan fingerprint density at radius 1 is 0.966 bits per heavy atom. The molecule has 0 spiro atoms. The Hall–Kier alpha value is -3.68. The highest BCUT2D eigenvalue weighted by atomic mass is 16.5. The van der Waals surface area contributed by atoms with Gasteiger partial charge >= 0.3 is 6.03 Å². The van der Waals surface area contributed by atoms with Gasteiger partial charge in [-0.2, -0.15) is 5.10 Å². The predicted molar refractivity (Wildman–Crippen MR) is 112 cm³/mol. The highest BCUT2D eigenvalue weighted by Gasteiger charge is 2.20. The van der Waals surface area contributed by atoms with Crippen LogP contribution in [0.2, 0.25) is 0 Å². The van der Waals surface area contributed by atoms with E-state index in [1.165, 1.54) is 0 Å². The number of anilines is 2. The molecular formula is C21H24N4O4. The number of benzene rings is 2. The van der Waals surface area contributed by atoms with Gasteiger partial charge in [0.05, 0.1) is 32.7 Å². The first-order valence-corrected chi connectivity index (χ1v) is 9.11. The summed E-state index contributed by atoms with van der Waals surface area (Å²) < 4.78 is 15.9. The first-order valence-electron chi connectivity index (χ1n) is 9.11. The monoisotopic (exact) mass is 396 g/mol. The average molecular weight is 396 g/mol. The van der Waals surface area contributed by atoms with Crippen LogP contribution >= 0.6 is 0 Å². The third kappa shape index (κ3) is 4.43. The third-order valence-electron chi connectivity index (χ3n) is 4.45. The summed E-state index contributed by atoms with van der Waals surface area (Å²) in [4.78, 5) is 12.6. The van der Waals surface area contributed by atoms with Crippen molar-refractivity contribution in [3.63, 3.8) is 0 Å². The van der Waals surface area contributed by atoms with Gasteiger partial charge in [0.2, 0.25) is 0 Å². The summed E-state index contributed by atoms with van der Waals surface area (Å²) in [5.41, 5.74) is 3.38. The minimum atomic E-state index is -0.375. The standard InChI is InChI=1S/C21H24N4O4/c1-5-17-20(23-21(26)22-13-6-8-14(27-2)9-7-13)19(25-24-17)16-11-10-15(28-3)12-18(16)29-4/h6-12H,5H2,1-4H3,(H,24,25)(H2,22,23,26). The second kappa shape index (κ2) is 9.01. The minimum Gasteiger partial charge on any atom is -0.497 e. The summed E-state index contributed by atoms with van der Waals surface area (Å²) in [5.74, 6) is 1.98. The number of aryl methyl sites for hydroxylation is 1. The largest absolute Gasteiger partial charge is 0.497 e. The van der Waals surface area contributed by atoms with Crippen LogP contribution in [0.3, 0.4) is 0 Å². The number of nitrogens with zero attached hydrogens (tertiary/aromatic N) is 1. The molecule has 3 rings (SSSR count). The molecule has 0 radical (unpaired) electrons. The van der Waals surface area contributed by atoms with Crippen LogP contribution in [0.25, 0.3) is 11.3 Å². The van der Waals surface area contributed by atoms with Gasteiger partial charge in [0.25, 0.3) is 0 Å². The Bertz CT molecular complexity index is 983. The number of rotatable bonds is 7. The Balaban J connectivity index is 1.87. The smallest absolute Gasteiger partial charge is 0.323 e. The molecule has 2 aromatic carbocycles. The average Bonchev–Trinajstić information content (AvgIpc) is 3.15. The molecule has 0 bridgehead atoms. The van der Waals surface area contributed by atoms with E-state index in [1.54, 1.807) is 51.7 Å². The van der Waals surface area contributed by atoms with Gasteiger partial charge in [-0.15, -0.1) is 0 Å². The first kappa shape index (κ1) is 20.1. The van der Waals surface area contributed by atoms with E-state index in [-0.39, 0.29) is 6.03 Å². The number of H-pyrrole nitrogens is 1. The van der Waals surface area contributed by atoms with E-state index in [0.29, 0.717) is 40.7 Å². The molecule has 29 heavy (non-hydrogen) atoms. The number of aromatic nitrogens is 2. The van der Waals surface area contributed by atoms with E-state index in [0.717, 1.165) is 11.3 Å². The maximum atomic E-state index is 12.6. The van der Waals surface area contributed by atoms with Crippen LogP contribution in [0.15, 0.2) is 42.5 Å². The predicted octanol–water partition coefficient (Wildman–Crippen LogP) is 4.31. The van der Waals surface area contributed by atoms with E-state index < -0.39 is 0 Å². The van der Waals surface area contributed by atoms with Crippen LogP contribution in [0.5, 0.6) is 17.2 Å². The summed E-state index contributed by atoms with van der Waals surface area (Å²) in [6.45, 7) is 1.98. The molecule has 0 aliphatic carbocycles. The zero-order chi connectivity index (χ0) is 20.8. The number of hydrogen-bond donors (Lipinski definition) is 3. The Morgan fingerprint density at radius 3 is 2.28 bits per heavy atom. The van der Waals surface area contributed by atoms with Crippen LogP contribution in [0.1, 0.15) is 12.6 Å². The lowest BCUT2D eigenvalue weighted by Crippen LogP contribution is -2.20. The number of aromatic amines is 1. The number of nitrogens with one attached hydrogen (secondary N) is 3. The van der Waals surface area contributed by atoms with Crippen LogP contribution in [0.4, 0.5) is 16.2 Å². The second-order valence-electron chi connectivity index (χ2n) is 6.15. The minimum absolute atomic E-state index is 0.375. The lowest BCUT2D eigenvalue weighted by atomic mass is 10.1. The molecule has 0 atom stereocenters. The molecule has 0 aliphatic heterocycles. The van der Waals surface area contributed by atoms with Gasteiger partial charge in [0.15, 0.2) is 0 Å². The molecule has 8 nitrogen and oxygen atoms in total. The quantitative estimate of drug-likeness (QED) is 0.553. The summed E-state index contributed by atoms with van der Waals surface area (Å²) in [7, 11) is 4.76. The molecule has 2 amide bonds. The van der Waals surface area contributed by atoms with E-state index in [9.17, 15) is 4.79 Å². The number of hydrogen-bond acceptors (Lipinski definition) is 5. The van der Waals surface area contributed by atoms with Crippen molar-refractivity contribution >= 4 is 17.4 Å². The van der Waals surface area contributed by atoms with Gasteiger partial charge in [-0.25, -0.2) is 4.79 Å². The maximum absolute atomic E-state index is 12.6. The molecule has 0 saturated carbocycles. The zero-order valence-electron chi connectivity index (χ0n) is 16.8. The zero-order valence-corrected chi connectivity index (χ0v) is 16.8. The summed E-state index contributed by atoms with van der Waals surface area (Å²) >= 11 is 0. The van der Waals surface area contributed by atoms with Crippen molar-refractivity contribution in [2.75, 3.05) is 32.0 Å². The molecule has 1 heterocycles. The van der Waals surface area contributed by atoms with Gasteiger partial charge in [0, 0.05) is 17.3 Å². The molecule has 0 aliphatic rings. The van der Waals surface area contributed by atoms with E-state index in [2.05, 4.69) is 20.8 Å². The molecule has 0 fully saturated rings. The molecule has 1 aromatic heterocycles. The van der Waals surface area contributed by atoms with Crippen LogP contribution in [0, 0.1) is 0 Å². The Kier molecular flexibility index (Phi) is 6.23. The maximum Gasteiger partial charge on any atom is 0.323 e. The molecule has 152 valence electrons. The van der Waals surface area contributed by atoms with Crippen molar-refractivity contribution in [1.82, 2.24) is 10.2 Å². The van der Waals surface area contributed by atoms with Crippen LogP contribution < -0.4 is 24.8 Å². The fourth-order valence-corrected chi connectivity index (χ4v) is 2.91. The van der Waals surface area contributed by atoms with E-state index in [1.807, 2.05) is 19.1 Å². The van der Waals surface area contributed by atoms with Gasteiger partial charge in [-0.3, -0.25) is 5.10 Å².